The first-order valence-corrected chi connectivity index (χ1v) is 6.63. The van der Waals surface area contributed by atoms with Crippen LogP contribution in [0.2, 0.25) is 0 Å². The second-order valence-electron chi connectivity index (χ2n) is 5.87. The Kier molecular flexibility index (Phi) is 3.68. The van der Waals surface area contributed by atoms with E-state index >= 15 is 0 Å². The average molecular weight is 210 g/mol. The molecule has 2 fully saturated rings. The molecule has 15 heavy (non-hydrogen) atoms. The third-order valence-electron chi connectivity index (χ3n) is 4.67. The first-order valence-electron chi connectivity index (χ1n) is 6.63. The van der Waals surface area contributed by atoms with Crippen LogP contribution in [0.5, 0.6) is 0 Å². The van der Waals surface area contributed by atoms with Crippen molar-refractivity contribution < 1.29 is 0 Å². The van der Waals surface area contributed by atoms with Crippen molar-refractivity contribution in [1.82, 2.24) is 4.90 Å². The summed E-state index contributed by atoms with van der Waals surface area (Å²) >= 11 is 0. The molecule has 0 amide bonds. The Bertz CT molecular complexity index is 189. The van der Waals surface area contributed by atoms with Crippen LogP contribution >= 0.6 is 0 Å². The Morgan fingerprint density at radius 1 is 1.27 bits per heavy atom. The summed E-state index contributed by atoms with van der Waals surface area (Å²) in [5, 5.41) is 0. The van der Waals surface area contributed by atoms with Gasteiger partial charge in [0.25, 0.3) is 0 Å². The van der Waals surface area contributed by atoms with Gasteiger partial charge in [0, 0.05) is 6.54 Å². The molecule has 88 valence electrons. The molecule has 0 radical (unpaired) electrons. The van der Waals surface area contributed by atoms with Crippen molar-refractivity contribution in [2.24, 2.45) is 17.1 Å². The van der Waals surface area contributed by atoms with Crippen molar-refractivity contribution in [3.63, 3.8) is 0 Å². The Morgan fingerprint density at radius 3 is 2.40 bits per heavy atom. The molecule has 0 spiro atoms. The maximum Gasteiger partial charge on any atom is 0.000661 e. The first kappa shape index (κ1) is 11.4. The van der Waals surface area contributed by atoms with Crippen LogP contribution in [0, 0.1) is 11.3 Å². The lowest BCUT2D eigenvalue weighted by Gasteiger charge is -2.42. The molecule has 2 aliphatic rings. The molecule has 0 aromatic carbocycles. The molecule has 2 N–H and O–H groups in total. The van der Waals surface area contributed by atoms with Crippen molar-refractivity contribution in [2.75, 3.05) is 26.7 Å². The van der Waals surface area contributed by atoms with Gasteiger partial charge in [-0.1, -0.05) is 12.8 Å². The zero-order valence-electron chi connectivity index (χ0n) is 10.2. The lowest BCUT2D eigenvalue weighted by molar-refractivity contribution is 0.103. The quantitative estimate of drug-likeness (QED) is 0.728. The fourth-order valence-electron chi connectivity index (χ4n) is 2.87. The van der Waals surface area contributed by atoms with E-state index in [0.717, 1.165) is 12.5 Å². The maximum absolute atomic E-state index is 5.88. The smallest absolute Gasteiger partial charge is 0.000661 e. The van der Waals surface area contributed by atoms with Crippen molar-refractivity contribution in [1.29, 1.82) is 0 Å². The summed E-state index contributed by atoms with van der Waals surface area (Å²) in [6, 6.07) is 0. The minimum Gasteiger partial charge on any atom is -0.330 e. The van der Waals surface area contributed by atoms with E-state index in [-0.39, 0.29) is 0 Å². The van der Waals surface area contributed by atoms with Gasteiger partial charge in [-0.25, -0.2) is 0 Å². The summed E-state index contributed by atoms with van der Waals surface area (Å²) < 4.78 is 0. The molecule has 0 aromatic rings. The highest BCUT2D eigenvalue weighted by Gasteiger charge is 2.35. The molecule has 0 heterocycles. The number of nitrogens with zero attached hydrogens (tertiary/aromatic N) is 1. The van der Waals surface area contributed by atoms with Gasteiger partial charge in [-0.15, -0.1) is 0 Å². The van der Waals surface area contributed by atoms with Gasteiger partial charge in [0.2, 0.25) is 0 Å². The molecule has 0 bridgehead atoms. The van der Waals surface area contributed by atoms with Gasteiger partial charge in [-0.3, -0.25) is 0 Å². The lowest BCUT2D eigenvalue weighted by Crippen LogP contribution is -2.41. The van der Waals surface area contributed by atoms with E-state index in [4.69, 9.17) is 5.73 Å². The van der Waals surface area contributed by atoms with Gasteiger partial charge < -0.3 is 10.6 Å². The van der Waals surface area contributed by atoms with Gasteiger partial charge in [0.05, 0.1) is 0 Å². The summed E-state index contributed by atoms with van der Waals surface area (Å²) in [5.41, 5.74) is 6.41. The highest BCUT2D eigenvalue weighted by Crippen LogP contribution is 2.43. The standard InChI is InChI=1S/C13H26N2/c1-15(10-12-4-2-5-12)9-8-13(11-14)6-3-7-13/h12H,2-11,14H2,1H3. The predicted octanol–water partition coefficient (Wildman–Crippen LogP) is 2.24. The second kappa shape index (κ2) is 4.84. The molecule has 0 aromatic heterocycles. The van der Waals surface area contributed by atoms with E-state index in [0.29, 0.717) is 5.41 Å². The summed E-state index contributed by atoms with van der Waals surface area (Å²) in [5.74, 6) is 1.00. The lowest BCUT2D eigenvalue weighted by atomic mass is 9.66. The maximum atomic E-state index is 5.88. The first-order chi connectivity index (χ1) is 7.24. The molecule has 0 atom stereocenters. The molecule has 0 unspecified atom stereocenters. The monoisotopic (exact) mass is 210 g/mol. The summed E-state index contributed by atoms with van der Waals surface area (Å²) in [4.78, 5) is 2.53. The van der Waals surface area contributed by atoms with Crippen molar-refractivity contribution >= 4 is 0 Å². The molecule has 2 saturated carbocycles. The fourth-order valence-corrected chi connectivity index (χ4v) is 2.87. The van der Waals surface area contributed by atoms with Gasteiger partial charge >= 0.3 is 0 Å². The minimum absolute atomic E-state index is 0.536. The van der Waals surface area contributed by atoms with Crippen molar-refractivity contribution in [3.05, 3.63) is 0 Å². The van der Waals surface area contributed by atoms with Crippen LogP contribution in [0.3, 0.4) is 0 Å². The summed E-state index contributed by atoms with van der Waals surface area (Å²) in [6.45, 7) is 3.48. The van der Waals surface area contributed by atoms with Crippen molar-refractivity contribution in [3.8, 4) is 0 Å². The zero-order chi connectivity index (χ0) is 10.7. The third kappa shape index (κ3) is 2.73. The number of hydrogen-bond acceptors (Lipinski definition) is 2. The molecule has 2 heteroatoms. The highest BCUT2D eigenvalue weighted by atomic mass is 15.1. The fraction of sp³-hybridized carbons (Fsp3) is 1.00. The van der Waals surface area contributed by atoms with E-state index in [1.165, 1.54) is 58.0 Å². The largest absolute Gasteiger partial charge is 0.330 e. The van der Waals surface area contributed by atoms with Crippen molar-refractivity contribution in [2.45, 2.75) is 44.9 Å². The highest BCUT2D eigenvalue weighted by molar-refractivity contribution is 4.89. The molecule has 2 aliphatic carbocycles. The predicted molar refractivity (Wildman–Crippen MR) is 64.8 cm³/mol. The van der Waals surface area contributed by atoms with Gasteiger partial charge in [0.1, 0.15) is 0 Å². The van der Waals surface area contributed by atoms with E-state index < -0.39 is 0 Å². The summed E-state index contributed by atoms with van der Waals surface area (Å²) in [7, 11) is 2.28. The summed E-state index contributed by atoms with van der Waals surface area (Å²) in [6.07, 6.45) is 9.88. The molecule has 2 rings (SSSR count). The molecule has 0 aliphatic heterocycles. The number of hydrogen-bond donors (Lipinski definition) is 1. The Hall–Kier alpha value is -0.0800. The van der Waals surface area contributed by atoms with Crippen LogP contribution < -0.4 is 5.73 Å². The van der Waals surface area contributed by atoms with E-state index in [1.54, 1.807) is 0 Å². The van der Waals surface area contributed by atoms with E-state index in [2.05, 4.69) is 11.9 Å². The topological polar surface area (TPSA) is 29.3 Å². The minimum atomic E-state index is 0.536. The molecule has 0 saturated heterocycles. The van der Waals surface area contributed by atoms with E-state index in [9.17, 15) is 0 Å². The Morgan fingerprint density at radius 2 is 2.00 bits per heavy atom. The molecular weight excluding hydrogens is 184 g/mol. The Labute approximate surface area is 94.2 Å². The van der Waals surface area contributed by atoms with E-state index in [1.807, 2.05) is 0 Å². The van der Waals surface area contributed by atoms with Crippen LogP contribution in [0.1, 0.15) is 44.9 Å². The number of nitrogens with two attached hydrogens (primary N) is 1. The van der Waals surface area contributed by atoms with Crippen LogP contribution in [-0.4, -0.2) is 31.6 Å². The molecule has 2 nitrogen and oxygen atoms in total. The number of rotatable bonds is 6. The van der Waals surface area contributed by atoms with Crippen LogP contribution in [0.15, 0.2) is 0 Å². The second-order valence-corrected chi connectivity index (χ2v) is 5.87. The van der Waals surface area contributed by atoms with Crippen LogP contribution in [0.4, 0.5) is 0 Å². The van der Waals surface area contributed by atoms with Gasteiger partial charge in [-0.2, -0.15) is 0 Å². The Balaban J connectivity index is 1.63. The average Bonchev–Trinajstić information content (AvgIpc) is 2.10. The van der Waals surface area contributed by atoms with Gasteiger partial charge in [-0.05, 0) is 63.6 Å². The molecular formula is C13H26N2. The van der Waals surface area contributed by atoms with Gasteiger partial charge in [0.15, 0.2) is 0 Å². The third-order valence-corrected chi connectivity index (χ3v) is 4.67. The van der Waals surface area contributed by atoms with Crippen LogP contribution in [-0.2, 0) is 0 Å². The van der Waals surface area contributed by atoms with Crippen LogP contribution in [0.25, 0.3) is 0 Å². The normalized spacial score (nSPS) is 25.0. The zero-order valence-corrected chi connectivity index (χ0v) is 10.2. The SMILES string of the molecule is CN(CCC1(CN)CCC1)CC1CCC1.